The Bertz CT molecular complexity index is 229. The molecule has 1 unspecified atom stereocenters. The summed E-state index contributed by atoms with van der Waals surface area (Å²) in [7, 11) is 0. The van der Waals surface area contributed by atoms with E-state index in [0.29, 0.717) is 5.92 Å². The highest BCUT2D eigenvalue weighted by atomic mass is 16.6. The van der Waals surface area contributed by atoms with Gasteiger partial charge in [0.1, 0.15) is 11.9 Å². The number of aldehydes is 1. The van der Waals surface area contributed by atoms with Crippen molar-refractivity contribution < 1.29 is 14.3 Å². The van der Waals surface area contributed by atoms with E-state index < -0.39 is 11.7 Å². The summed E-state index contributed by atoms with van der Waals surface area (Å²) in [4.78, 5) is 21.9. The molecule has 0 radical (unpaired) electrons. The molecule has 0 heterocycles. The number of carbonyl (C=O) groups is 2. The van der Waals surface area contributed by atoms with Crippen molar-refractivity contribution in [2.24, 2.45) is 5.92 Å². The Labute approximate surface area is 97.7 Å². The van der Waals surface area contributed by atoms with Gasteiger partial charge in [-0.15, -0.1) is 0 Å². The predicted molar refractivity (Wildman–Crippen MR) is 63.3 cm³/mol. The third-order valence-corrected chi connectivity index (χ3v) is 1.96. The lowest BCUT2D eigenvalue weighted by Crippen LogP contribution is -2.41. The lowest BCUT2D eigenvalue weighted by molar-refractivity contribution is -0.110. The Hall–Kier alpha value is -1.06. The average molecular weight is 229 g/mol. The molecule has 1 aliphatic carbocycles. The summed E-state index contributed by atoms with van der Waals surface area (Å²) >= 11 is 0. The summed E-state index contributed by atoms with van der Waals surface area (Å²) in [5, 5.41) is 2.56. The Morgan fingerprint density at radius 3 is 2.19 bits per heavy atom. The Morgan fingerprint density at radius 2 is 1.88 bits per heavy atom. The van der Waals surface area contributed by atoms with E-state index in [1.165, 1.54) is 0 Å². The van der Waals surface area contributed by atoms with E-state index in [0.717, 1.165) is 19.1 Å². The maximum absolute atomic E-state index is 11.3. The van der Waals surface area contributed by atoms with Gasteiger partial charge in [0, 0.05) is 0 Å². The van der Waals surface area contributed by atoms with Crippen LogP contribution < -0.4 is 5.32 Å². The Morgan fingerprint density at radius 1 is 1.38 bits per heavy atom. The molecule has 1 aliphatic rings. The fraction of sp³-hybridized carbons (Fsp3) is 0.833. The molecule has 1 rings (SSSR count). The van der Waals surface area contributed by atoms with E-state index in [-0.39, 0.29) is 6.04 Å². The van der Waals surface area contributed by atoms with Crippen LogP contribution in [0, 0.1) is 5.92 Å². The average Bonchev–Trinajstić information content (AvgIpc) is 2.98. The van der Waals surface area contributed by atoms with Gasteiger partial charge in [-0.25, -0.2) is 4.79 Å². The minimum absolute atomic E-state index is 0.319. The van der Waals surface area contributed by atoms with Crippen molar-refractivity contribution in [2.75, 3.05) is 0 Å². The third-order valence-electron chi connectivity index (χ3n) is 1.96. The first-order valence-corrected chi connectivity index (χ1v) is 5.87. The van der Waals surface area contributed by atoms with Gasteiger partial charge in [0.15, 0.2) is 0 Å². The van der Waals surface area contributed by atoms with E-state index >= 15 is 0 Å². The van der Waals surface area contributed by atoms with E-state index in [1.807, 2.05) is 13.8 Å². The standard InChI is InChI=1S/C10H17NO3.C2H6/c1-10(2,3)14-9(13)11-8(6-12)7-4-5-7;1-2/h6-8H,4-5H2,1-3H3,(H,11,13);1-2H3. The molecule has 94 valence electrons. The molecule has 0 saturated heterocycles. The molecule has 0 aliphatic heterocycles. The van der Waals surface area contributed by atoms with Gasteiger partial charge in [0.2, 0.25) is 0 Å². The summed E-state index contributed by atoms with van der Waals surface area (Å²) in [6, 6.07) is -0.371. The van der Waals surface area contributed by atoms with Crippen molar-refractivity contribution in [1.29, 1.82) is 0 Å². The van der Waals surface area contributed by atoms with Crippen LogP contribution in [0.15, 0.2) is 0 Å². The first kappa shape index (κ1) is 14.9. The lowest BCUT2D eigenvalue weighted by atomic mass is 10.2. The van der Waals surface area contributed by atoms with E-state index in [1.54, 1.807) is 20.8 Å². The molecule has 0 spiro atoms. The molecule has 0 aromatic heterocycles. The van der Waals surface area contributed by atoms with Crippen LogP contribution in [-0.4, -0.2) is 24.0 Å². The lowest BCUT2D eigenvalue weighted by Gasteiger charge is -2.21. The number of hydrogen-bond donors (Lipinski definition) is 1. The zero-order valence-electron chi connectivity index (χ0n) is 10.9. The molecule has 0 aromatic carbocycles. The molecule has 1 N–H and O–H groups in total. The van der Waals surface area contributed by atoms with Gasteiger partial charge in [-0.2, -0.15) is 0 Å². The van der Waals surface area contributed by atoms with Gasteiger partial charge in [-0.05, 0) is 39.5 Å². The van der Waals surface area contributed by atoms with Crippen molar-refractivity contribution in [3.8, 4) is 0 Å². The number of carbonyl (C=O) groups excluding carboxylic acids is 2. The highest BCUT2D eigenvalue weighted by molar-refractivity contribution is 5.73. The molecule has 0 aromatic rings. The van der Waals surface area contributed by atoms with Gasteiger partial charge >= 0.3 is 6.09 Å². The van der Waals surface area contributed by atoms with Crippen molar-refractivity contribution >= 4 is 12.4 Å². The number of rotatable bonds is 3. The highest BCUT2D eigenvalue weighted by Crippen LogP contribution is 2.31. The molecule has 1 saturated carbocycles. The first-order valence-electron chi connectivity index (χ1n) is 5.87. The fourth-order valence-electron chi connectivity index (χ4n) is 1.16. The SMILES string of the molecule is CC.CC(C)(C)OC(=O)NC(C=O)C1CC1. The van der Waals surface area contributed by atoms with Crippen molar-refractivity contribution in [1.82, 2.24) is 5.32 Å². The van der Waals surface area contributed by atoms with Crippen LogP contribution in [0.2, 0.25) is 0 Å². The van der Waals surface area contributed by atoms with Gasteiger partial charge in [-0.3, -0.25) is 0 Å². The van der Waals surface area contributed by atoms with Crippen molar-refractivity contribution in [3.63, 3.8) is 0 Å². The van der Waals surface area contributed by atoms with E-state index in [2.05, 4.69) is 5.32 Å². The summed E-state index contributed by atoms with van der Waals surface area (Å²) in [5.74, 6) is 0.319. The molecule has 16 heavy (non-hydrogen) atoms. The van der Waals surface area contributed by atoms with Crippen LogP contribution >= 0.6 is 0 Å². The second kappa shape index (κ2) is 6.51. The molecule has 0 bridgehead atoms. The zero-order valence-corrected chi connectivity index (χ0v) is 10.9. The van der Waals surface area contributed by atoms with Crippen LogP contribution in [0.3, 0.4) is 0 Å². The summed E-state index contributed by atoms with van der Waals surface area (Å²) in [6.07, 6.45) is 2.29. The maximum atomic E-state index is 11.3. The summed E-state index contributed by atoms with van der Waals surface area (Å²) in [5.41, 5.74) is -0.513. The molecule has 4 nitrogen and oxygen atoms in total. The molecular formula is C12H23NO3. The number of hydrogen-bond acceptors (Lipinski definition) is 3. The number of nitrogens with one attached hydrogen (secondary N) is 1. The van der Waals surface area contributed by atoms with Crippen LogP contribution in [0.5, 0.6) is 0 Å². The third kappa shape index (κ3) is 6.43. The second-order valence-corrected chi connectivity index (χ2v) is 4.65. The Kier molecular flexibility index (Phi) is 6.08. The molecular weight excluding hydrogens is 206 g/mol. The van der Waals surface area contributed by atoms with Crippen LogP contribution in [0.4, 0.5) is 4.79 Å². The van der Waals surface area contributed by atoms with Gasteiger partial charge in [0.05, 0.1) is 6.04 Å². The normalized spacial score (nSPS) is 16.6. The van der Waals surface area contributed by atoms with Crippen LogP contribution in [0.1, 0.15) is 47.5 Å². The van der Waals surface area contributed by atoms with Gasteiger partial charge in [-0.1, -0.05) is 13.8 Å². The monoisotopic (exact) mass is 229 g/mol. The number of ether oxygens (including phenoxy) is 1. The maximum Gasteiger partial charge on any atom is 0.408 e. The van der Waals surface area contributed by atoms with E-state index in [4.69, 9.17) is 4.74 Å². The number of amides is 1. The second-order valence-electron chi connectivity index (χ2n) is 4.65. The highest BCUT2D eigenvalue weighted by Gasteiger charge is 2.33. The van der Waals surface area contributed by atoms with Crippen molar-refractivity contribution in [2.45, 2.75) is 59.1 Å². The largest absolute Gasteiger partial charge is 0.444 e. The summed E-state index contributed by atoms with van der Waals surface area (Å²) in [6.45, 7) is 9.37. The quantitative estimate of drug-likeness (QED) is 0.756. The number of alkyl carbamates (subject to hydrolysis) is 1. The van der Waals surface area contributed by atoms with E-state index in [9.17, 15) is 9.59 Å². The minimum atomic E-state index is -0.513. The Balaban J connectivity index is 0.00000106. The van der Waals surface area contributed by atoms with Crippen LogP contribution in [0.25, 0.3) is 0 Å². The molecule has 1 amide bonds. The zero-order chi connectivity index (χ0) is 12.8. The predicted octanol–water partition coefficient (Wildman–Crippen LogP) is 2.51. The fourth-order valence-corrected chi connectivity index (χ4v) is 1.16. The van der Waals surface area contributed by atoms with Gasteiger partial charge in [0.25, 0.3) is 0 Å². The first-order chi connectivity index (χ1) is 7.42. The topological polar surface area (TPSA) is 55.4 Å². The van der Waals surface area contributed by atoms with Crippen LogP contribution in [-0.2, 0) is 9.53 Å². The van der Waals surface area contributed by atoms with Gasteiger partial charge < -0.3 is 14.8 Å². The molecule has 1 atom stereocenters. The van der Waals surface area contributed by atoms with Crippen molar-refractivity contribution in [3.05, 3.63) is 0 Å². The molecule has 1 fully saturated rings. The summed E-state index contributed by atoms with van der Waals surface area (Å²) < 4.78 is 5.04. The molecule has 4 heteroatoms. The minimum Gasteiger partial charge on any atom is -0.444 e. The smallest absolute Gasteiger partial charge is 0.408 e.